The molecule has 1 saturated carbocycles. The average Bonchev–Trinajstić information content (AvgIpc) is 3.07. The Labute approximate surface area is 131 Å². The van der Waals surface area contributed by atoms with Crippen LogP contribution in [0.25, 0.3) is 0 Å². The van der Waals surface area contributed by atoms with E-state index in [1.54, 1.807) is 0 Å². The molecule has 1 saturated heterocycles. The Bertz CT molecular complexity index is 425. The molecular formula is C16H25NO5. The Hall–Kier alpha value is -1.56. The maximum Gasteiger partial charge on any atom is 0.533 e. The van der Waals surface area contributed by atoms with E-state index in [9.17, 15) is 14.7 Å². The molecule has 0 aromatic rings. The van der Waals surface area contributed by atoms with E-state index in [1.807, 2.05) is 6.08 Å². The highest BCUT2D eigenvalue weighted by molar-refractivity contribution is 5.78. The lowest BCUT2D eigenvalue weighted by Crippen LogP contribution is -2.35. The van der Waals surface area contributed by atoms with Crippen LogP contribution in [0.2, 0.25) is 0 Å². The monoisotopic (exact) mass is 311 g/mol. The van der Waals surface area contributed by atoms with Gasteiger partial charge >= 0.3 is 6.16 Å². The lowest BCUT2D eigenvalue weighted by atomic mass is 10.1. The highest BCUT2D eigenvalue weighted by Crippen LogP contribution is 2.52. The van der Waals surface area contributed by atoms with Crippen LogP contribution < -0.4 is 0 Å². The normalized spacial score (nSPS) is 30.3. The van der Waals surface area contributed by atoms with Crippen LogP contribution in [0, 0.1) is 17.8 Å². The molecule has 1 amide bonds. The Morgan fingerprint density at radius 2 is 2.14 bits per heavy atom. The van der Waals surface area contributed by atoms with Crippen molar-refractivity contribution in [3.8, 4) is 0 Å². The largest absolute Gasteiger partial charge is 0.533 e. The van der Waals surface area contributed by atoms with Crippen molar-refractivity contribution in [2.75, 3.05) is 6.61 Å². The number of aliphatic hydroxyl groups excluding tert-OH is 1. The zero-order valence-electron chi connectivity index (χ0n) is 13.1. The summed E-state index contributed by atoms with van der Waals surface area (Å²) in [6, 6.07) is 0. The van der Waals surface area contributed by atoms with Gasteiger partial charge in [0.05, 0.1) is 6.61 Å². The van der Waals surface area contributed by atoms with Gasteiger partial charge in [0.1, 0.15) is 0 Å². The van der Waals surface area contributed by atoms with Gasteiger partial charge in [0.25, 0.3) is 5.91 Å². The van der Waals surface area contributed by atoms with Crippen molar-refractivity contribution in [3.05, 3.63) is 12.7 Å². The van der Waals surface area contributed by atoms with Crippen molar-refractivity contribution in [3.63, 3.8) is 0 Å². The van der Waals surface area contributed by atoms with E-state index >= 15 is 0 Å². The molecule has 2 fully saturated rings. The number of hydroxylamine groups is 2. The first kappa shape index (κ1) is 16.8. The van der Waals surface area contributed by atoms with Crippen molar-refractivity contribution < 1.29 is 24.3 Å². The maximum absolute atomic E-state index is 11.6. The van der Waals surface area contributed by atoms with Gasteiger partial charge in [-0.2, -0.15) is 0 Å². The number of aliphatic hydroxyl groups is 1. The third kappa shape index (κ3) is 4.00. The molecule has 1 N–H and O–H groups in total. The molecular weight excluding hydrogens is 286 g/mol. The summed E-state index contributed by atoms with van der Waals surface area (Å²) in [6.45, 7) is 6.19. The second kappa shape index (κ2) is 7.63. The van der Waals surface area contributed by atoms with E-state index in [-0.39, 0.29) is 12.8 Å². The zero-order chi connectivity index (χ0) is 16.1. The van der Waals surface area contributed by atoms with E-state index in [1.165, 1.54) is 0 Å². The zero-order valence-corrected chi connectivity index (χ0v) is 13.1. The van der Waals surface area contributed by atoms with Crippen LogP contribution >= 0.6 is 0 Å². The molecule has 6 nitrogen and oxygen atoms in total. The van der Waals surface area contributed by atoms with E-state index in [4.69, 9.17) is 9.57 Å². The predicted octanol–water partition coefficient (Wildman–Crippen LogP) is 2.62. The van der Waals surface area contributed by atoms with Gasteiger partial charge in [-0.1, -0.05) is 25.8 Å². The molecule has 2 aliphatic rings. The number of nitrogens with zero attached hydrogens (tertiary/aromatic N) is 1. The molecule has 1 heterocycles. The summed E-state index contributed by atoms with van der Waals surface area (Å²) < 4.78 is 5.12. The number of carbonyl (C=O) groups excluding carboxylic acids is 2. The first-order valence-corrected chi connectivity index (χ1v) is 8.04. The second-order valence-corrected chi connectivity index (χ2v) is 6.04. The van der Waals surface area contributed by atoms with Crippen LogP contribution in [0.3, 0.4) is 0 Å². The third-order valence-corrected chi connectivity index (χ3v) is 4.53. The van der Waals surface area contributed by atoms with Gasteiger partial charge in [-0.25, -0.2) is 4.79 Å². The summed E-state index contributed by atoms with van der Waals surface area (Å²) in [5.74, 6) is 1.14. The number of hydrogen-bond acceptors (Lipinski definition) is 5. The fourth-order valence-corrected chi connectivity index (χ4v) is 3.30. The number of ether oxygens (including phenoxy) is 1. The molecule has 1 aliphatic heterocycles. The van der Waals surface area contributed by atoms with Gasteiger partial charge in [-0.15, -0.1) is 11.6 Å². The van der Waals surface area contributed by atoms with Crippen molar-refractivity contribution in [1.29, 1.82) is 0 Å². The Kier molecular flexibility index (Phi) is 5.83. The lowest BCUT2D eigenvalue weighted by Gasteiger charge is -2.18. The smallest absolute Gasteiger partial charge is 0.432 e. The Morgan fingerprint density at radius 3 is 2.73 bits per heavy atom. The van der Waals surface area contributed by atoms with Crippen LogP contribution in [-0.4, -0.2) is 35.1 Å². The molecule has 3 unspecified atom stereocenters. The van der Waals surface area contributed by atoms with Crippen LogP contribution in [0.1, 0.15) is 45.4 Å². The van der Waals surface area contributed by atoms with Crippen LogP contribution in [0.15, 0.2) is 12.7 Å². The summed E-state index contributed by atoms with van der Waals surface area (Å²) >= 11 is 0. The topological polar surface area (TPSA) is 76.1 Å². The van der Waals surface area contributed by atoms with Crippen LogP contribution in [0.4, 0.5) is 4.79 Å². The van der Waals surface area contributed by atoms with Crippen molar-refractivity contribution in [2.45, 2.75) is 51.7 Å². The number of hydrogen-bond donors (Lipinski definition) is 1. The van der Waals surface area contributed by atoms with Crippen LogP contribution in [0.5, 0.6) is 0 Å². The first-order chi connectivity index (χ1) is 10.6. The van der Waals surface area contributed by atoms with Gasteiger partial charge in [0.2, 0.25) is 0 Å². The summed E-state index contributed by atoms with van der Waals surface area (Å²) in [6.07, 6.45) is 4.68. The molecule has 0 spiro atoms. The second-order valence-electron chi connectivity index (χ2n) is 6.04. The molecule has 22 heavy (non-hydrogen) atoms. The number of allylic oxidation sites excluding steroid dienone is 1. The van der Waals surface area contributed by atoms with Gasteiger partial charge in [-0.05, 0) is 30.6 Å². The highest BCUT2D eigenvalue weighted by atomic mass is 16.8. The summed E-state index contributed by atoms with van der Waals surface area (Å²) in [5.41, 5.74) is 0. The molecule has 0 aromatic carbocycles. The Balaban J connectivity index is 1.73. The van der Waals surface area contributed by atoms with Gasteiger partial charge in [-0.3, -0.25) is 4.79 Å². The minimum Gasteiger partial charge on any atom is -0.432 e. The number of amides is 1. The highest BCUT2D eigenvalue weighted by Gasteiger charge is 2.49. The lowest BCUT2D eigenvalue weighted by molar-refractivity contribution is -0.199. The van der Waals surface area contributed by atoms with Gasteiger partial charge < -0.3 is 14.7 Å². The third-order valence-electron chi connectivity index (χ3n) is 4.53. The average molecular weight is 311 g/mol. The van der Waals surface area contributed by atoms with Crippen LogP contribution in [-0.2, 0) is 14.4 Å². The quantitative estimate of drug-likeness (QED) is 0.551. The fraction of sp³-hybridized carbons (Fsp3) is 0.750. The van der Waals surface area contributed by atoms with Gasteiger partial charge in [0.15, 0.2) is 6.23 Å². The van der Waals surface area contributed by atoms with E-state index in [0.29, 0.717) is 29.4 Å². The van der Waals surface area contributed by atoms with E-state index in [0.717, 1.165) is 25.7 Å². The number of carbonyl (C=O) groups is 2. The summed E-state index contributed by atoms with van der Waals surface area (Å²) in [7, 11) is 0. The fourth-order valence-electron chi connectivity index (χ4n) is 3.30. The van der Waals surface area contributed by atoms with Crippen molar-refractivity contribution in [1.82, 2.24) is 5.06 Å². The first-order valence-electron chi connectivity index (χ1n) is 8.04. The molecule has 2 rings (SSSR count). The standard InChI is InChI=1S/C16H25NO5/c1-3-5-7-12-11(6-4-2)13(12)10-21-16(20)22-17-14(18)8-9-15(17)19/h3,11-14,18H,1,4-10H2,2H3/t11?,12?,13-,14?/m1/s1. The van der Waals surface area contributed by atoms with E-state index < -0.39 is 18.3 Å². The molecule has 0 bridgehead atoms. The predicted molar refractivity (Wildman–Crippen MR) is 79.3 cm³/mol. The van der Waals surface area contributed by atoms with Crippen molar-refractivity contribution >= 4 is 12.1 Å². The molecule has 1 aliphatic carbocycles. The minimum atomic E-state index is -1.06. The van der Waals surface area contributed by atoms with Crippen molar-refractivity contribution in [2.24, 2.45) is 17.8 Å². The summed E-state index contributed by atoms with van der Waals surface area (Å²) in [5, 5.41) is 10.2. The molecule has 0 radical (unpaired) electrons. The number of rotatable bonds is 8. The maximum atomic E-state index is 11.6. The molecule has 124 valence electrons. The Morgan fingerprint density at radius 1 is 1.41 bits per heavy atom. The minimum absolute atomic E-state index is 0.180. The molecule has 4 atom stereocenters. The summed E-state index contributed by atoms with van der Waals surface area (Å²) in [4.78, 5) is 27.8. The van der Waals surface area contributed by atoms with Gasteiger partial charge in [0, 0.05) is 12.8 Å². The van der Waals surface area contributed by atoms with E-state index in [2.05, 4.69) is 13.5 Å². The SMILES string of the molecule is C=CCCC1C(CCC)[C@H]1COC(=O)ON1C(=O)CCC1O. The molecule has 0 aromatic heterocycles. The molecule has 6 heteroatoms.